The number of hydrogen-bond acceptors (Lipinski definition) is 5. The first-order chi connectivity index (χ1) is 18.0. The summed E-state index contributed by atoms with van der Waals surface area (Å²) < 4.78 is 29.9. The normalized spacial score (nSPS) is 18.3. The molecule has 0 N–H and O–H groups in total. The van der Waals surface area contributed by atoms with Gasteiger partial charge in [-0.1, -0.05) is 6.07 Å². The summed E-state index contributed by atoms with van der Waals surface area (Å²) in [4.78, 5) is 57.7. The molecule has 0 aliphatic carbocycles. The number of aliphatic imine (C=N–C) groups is 1. The predicted molar refractivity (Wildman–Crippen MR) is 140 cm³/mol. The summed E-state index contributed by atoms with van der Waals surface area (Å²) in [5, 5.41) is 0. The molecule has 0 atom stereocenters. The monoisotopic (exact) mass is 514 g/mol. The zero-order valence-corrected chi connectivity index (χ0v) is 21.0. The van der Waals surface area contributed by atoms with Crippen molar-refractivity contribution in [2.24, 2.45) is 4.99 Å². The van der Waals surface area contributed by atoms with Gasteiger partial charge in [-0.25, -0.2) is 9.80 Å². The Kier molecular flexibility index (Phi) is 5.93. The summed E-state index contributed by atoms with van der Waals surface area (Å²) in [5.41, 5.74) is 2.72. The van der Waals surface area contributed by atoms with Gasteiger partial charge < -0.3 is 4.48 Å². The zero-order valence-electron chi connectivity index (χ0n) is 21.0. The maximum absolute atomic E-state index is 14.5. The molecule has 38 heavy (non-hydrogen) atoms. The molecule has 4 amide bonds. The third-order valence-electron chi connectivity index (χ3n) is 6.55. The second kappa shape index (κ2) is 9.02. The van der Waals surface area contributed by atoms with E-state index in [0.29, 0.717) is 22.5 Å². The number of aromatic nitrogens is 1. The summed E-state index contributed by atoms with van der Waals surface area (Å²) in [5.74, 6) is -2.59. The van der Waals surface area contributed by atoms with Crippen molar-refractivity contribution in [3.8, 4) is 0 Å². The summed E-state index contributed by atoms with van der Waals surface area (Å²) in [6.45, 7) is 6.71. The van der Waals surface area contributed by atoms with Crippen LogP contribution in [0, 0.1) is 13.8 Å². The van der Waals surface area contributed by atoms with Crippen molar-refractivity contribution in [2.45, 2.75) is 27.7 Å². The van der Waals surface area contributed by atoms with Gasteiger partial charge in [-0.15, -0.1) is 0 Å². The number of benzene rings is 1. The lowest BCUT2D eigenvalue weighted by molar-refractivity contribution is -0.121. The van der Waals surface area contributed by atoms with Gasteiger partial charge in [0.25, 0.3) is 23.6 Å². The van der Waals surface area contributed by atoms with Gasteiger partial charge in [0.1, 0.15) is 0 Å². The van der Waals surface area contributed by atoms with Gasteiger partial charge in [-0.2, -0.15) is 0 Å². The molecule has 5 rings (SSSR count). The second-order valence-corrected chi connectivity index (χ2v) is 9.13. The topological polar surface area (TPSA) is 92.1 Å². The highest BCUT2D eigenvalue weighted by molar-refractivity contribution is 6.42. The van der Waals surface area contributed by atoms with Crippen LogP contribution >= 0.6 is 0 Å². The number of anilines is 2. The van der Waals surface area contributed by atoms with Crippen LogP contribution in [-0.2, 0) is 19.2 Å². The van der Waals surface area contributed by atoms with Crippen LogP contribution in [0.3, 0.4) is 0 Å². The maximum atomic E-state index is 14.5. The van der Waals surface area contributed by atoms with E-state index in [2.05, 4.69) is 4.99 Å². The van der Waals surface area contributed by atoms with Gasteiger partial charge in [0.15, 0.2) is 0 Å². The molecule has 2 aromatic rings. The largest absolute Gasteiger partial charge is 0.677 e. The van der Waals surface area contributed by atoms with E-state index in [0.717, 1.165) is 38.6 Å². The fourth-order valence-electron chi connectivity index (χ4n) is 5.10. The number of amides is 4. The fourth-order valence-corrected chi connectivity index (χ4v) is 5.10. The van der Waals surface area contributed by atoms with E-state index in [4.69, 9.17) is 0 Å². The Morgan fingerprint density at radius 3 is 1.74 bits per heavy atom. The predicted octanol–water partition coefficient (Wildman–Crippen LogP) is 3.92. The van der Waals surface area contributed by atoms with Crippen molar-refractivity contribution in [2.75, 3.05) is 9.80 Å². The molecule has 0 unspecified atom stereocenters. The third kappa shape index (κ3) is 3.78. The van der Waals surface area contributed by atoms with Gasteiger partial charge in [0.05, 0.1) is 17.1 Å². The van der Waals surface area contributed by atoms with Crippen LogP contribution in [0.5, 0.6) is 0 Å². The number of carbonyl (C=O) groups is 4. The van der Waals surface area contributed by atoms with Crippen LogP contribution < -0.4 is 9.80 Å². The minimum atomic E-state index is -2.94. The van der Waals surface area contributed by atoms with Crippen LogP contribution in [0.15, 0.2) is 70.9 Å². The highest BCUT2D eigenvalue weighted by Crippen LogP contribution is 2.46. The number of halogens is 2. The van der Waals surface area contributed by atoms with Crippen LogP contribution in [0.2, 0.25) is 0 Å². The van der Waals surface area contributed by atoms with E-state index in [1.54, 1.807) is 39.8 Å². The standard InChI is InChI=1S/C27H21BF2N4O4/c1-14-12-16(3)31-26(14)25(27-15(2)13-17(4)34(27)28(29)30)24-18(32-20(35)8-9-21(32)36)6-5-7-19(24)33-22(37)10-11-23(33)38/h5-13H,1-4H3/b26-25-. The van der Waals surface area contributed by atoms with Gasteiger partial charge in [-0.05, 0) is 63.1 Å². The van der Waals surface area contributed by atoms with Crippen LogP contribution in [0.25, 0.3) is 5.57 Å². The summed E-state index contributed by atoms with van der Waals surface area (Å²) in [6.07, 6.45) is 6.16. The molecule has 8 nitrogen and oxygen atoms in total. The third-order valence-corrected chi connectivity index (χ3v) is 6.55. The summed E-state index contributed by atoms with van der Waals surface area (Å²) in [7, 11) is -2.94. The maximum Gasteiger partial charge on any atom is 0.677 e. The fraction of sp³-hybridized carbons (Fsp3) is 0.148. The highest BCUT2D eigenvalue weighted by atomic mass is 19.2. The average Bonchev–Trinajstić information content (AvgIpc) is 3.55. The molecular weight excluding hydrogens is 493 g/mol. The number of rotatable bonds is 5. The van der Waals surface area contributed by atoms with E-state index in [9.17, 15) is 27.8 Å². The van der Waals surface area contributed by atoms with Crippen molar-refractivity contribution in [1.82, 2.24) is 4.48 Å². The average molecular weight is 514 g/mol. The number of allylic oxidation sites excluding steroid dienone is 2. The molecule has 11 heteroatoms. The molecule has 0 fully saturated rings. The molecule has 0 saturated carbocycles. The molecule has 0 radical (unpaired) electrons. The van der Waals surface area contributed by atoms with Gasteiger partial charge in [0, 0.05) is 52.5 Å². The van der Waals surface area contributed by atoms with E-state index in [-0.39, 0.29) is 33.9 Å². The number of imide groups is 2. The van der Waals surface area contributed by atoms with E-state index >= 15 is 0 Å². The molecule has 3 aliphatic rings. The Morgan fingerprint density at radius 1 is 0.816 bits per heavy atom. The van der Waals surface area contributed by atoms with Gasteiger partial charge in [0.2, 0.25) is 0 Å². The molecular formula is C27H21BF2N4O4. The smallest absolute Gasteiger partial charge is 0.329 e. The second-order valence-electron chi connectivity index (χ2n) is 9.13. The number of aryl methyl sites for hydroxylation is 2. The van der Waals surface area contributed by atoms with E-state index in [1.165, 1.54) is 18.2 Å². The van der Waals surface area contributed by atoms with Gasteiger partial charge >= 0.3 is 7.40 Å². The van der Waals surface area contributed by atoms with E-state index in [1.807, 2.05) is 0 Å². The summed E-state index contributed by atoms with van der Waals surface area (Å²) in [6, 6.07) is 6.03. The van der Waals surface area contributed by atoms with Crippen LogP contribution in [-0.4, -0.2) is 41.2 Å². The quantitative estimate of drug-likeness (QED) is 0.447. The SMILES string of the molecule is CC1=CC(C)=N/C1=C(/c1c(N2C(=O)C=CC2=O)cccc1N1C(=O)C=CC1=O)c1c(C)cc(C)n1B(F)F. The Bertz CT molecular complexity index is 1530. The summed E-state index contributed by atoms with van der Waals surface area (Å²) >= 11 is 0. The molecule has 1 aromatic heterocycles. The molecule has 4 heterocycles. The Labute approximate surface area is 217 Å². The molecule has 0 spiro atoms. The first-order valence-electron chi connectivity index (χ1n) is 11.7. The van der Waals surface area contributed by atoms with Crippen molar-refractivity contribution in [1.29, 1.82) is 0 Å². The van der Waals surface area contributed by atoms with Gasteiger partial charge in [-0.3, -0.25) is 32.8 Å². The Hall–Kier alpha value is -4.67. The number of carbonyl (C=O) groups excluding carboxylic acids is 4. The molecule has 3 aliphatic heterocycles. The minimum absolute atomic E-state index is 0.0316. The highest BCUT2D eigenvalue weighted by Gasteiger charge is 2.38. The molecule has 190 valence electrons. The van der Waals surface area contributed by atoms with Crippen molar-refractivity contribution in [3.63, 3.8) is 0 Å². The number of nitrogens with zero attached hydrogens (tertiary/aromatic N) is 4. The van der Waals surface area contributed by atoms with Crippen LogP contribution in [0.4, 0.5) is 20.0 Å². The van der Waals surface area contributed by atoms with Crippen molar-refractivity contribution < 1.29 is 27.8 Å². The molecule has 0 saturated heterocycles. The van der Waals surface area contributed by atoms with E-state index < -0.39 is 31.0 Å². The lowest BCUT2D eigenvalue weighted by Crippen LogP contribution is -2.34. The minimum Gasteiger partial charge on any atom is -0.329 e. The van der Waals surface area contributed by atoms with Crippen molar-refractivity contribution >= 4 is 53.7 Å². The zero-order chi connectivity index (χ0) is 27.5. The lowest BCUT2D eigenvalue weighted by atomic mass is 9.91. The molecule has 0 bridgehead atoms. The first kappa shape index (κ1) is 25.0. The Morgan fingerprint density at radius 2 is 1.32 bits per heavy atom. The van der Waals surface area contributed by atoms with Crippen molar-refractivity contribution in [3.05, 3.63) is 88.4 Å². The number of hydrogen-bond donors (Lipinski definition) is 0. The Balaban J connectivity index is 1.97. The lowest BCUT2D eigenvalue weighted by Gasteiger charge is -2.27. The first-order valence-corrected chi connectivity index (χ1v) is 11.7. The molecule has 1 aromatic carbocycles. The van der Waals surface area contributed by atoms with Crippen LogP contribution in [0.1, 0.15) is 36.4 Å².